The third-order valence-electron chi connectivity index (χ3n) is 3.64. The molecule has 0 saturated carbocycles. The lowest BCUT2D eigenvalue weighted by atomic mass is 10.0. The molecular weight excluding hydrogens is 352 g/mol. The average molecular weight is 372 g/mol. The third kappa shape index (κ3) is 4.58. The second-order valence-corrected chi connectivity index (χ2v) is 5.40. The van der Waals surface area contributed by atoms with Crippen molar-refractivity contribution in [1.82, 2.24) is 0 Å². The van der Waals surface area contributed by atoms with E-state index in [1.54, 1.807) is 37.5 Å². The van der Waals surface area contributed by atoms with E-state index in [1.807, 2.05) is 0 Å². The highest BCUT2D eigenvalue weighted by Gasteiger charge is 2.25. The van der Waals surface area contributed by atoms with Crippen LogP contribution in [0.3, 0.4) is 0 Å². The average Bonchev–Trinajstić information content (AvgIpc) is 2.66. The van der Waals surface area contributed by atoms with Crippen LogP contribution in [0, 0.1) is 0 Å². The molecular formula is C20H20O7. The summed E-state index contributed by atoms with van der Waals surface area (Å²) in [6.45, 7) is 1.21. The zero-order valence-corrected chi connectivity index (χ0v) is 15.4. The standard InChI is InChI=1S/C20H20O7/c1-12(21)27-19-17(25-3)11-16(23)18(20(19)26-4)15(22)10-7-13-5-8-14(24-2)9-6-13/h5-11,23H,1-4H3/b10-7+. The first-order chi connectivity index (χ1) is 12.9. The lowest BCUT2D eigenvalue weighted by molar-refractivity contribution is -0.132. The highest BCUT2D eigenvalue weighted by Crippen LogP contribution is 2.45. The summed E-state index contributed by atoms with van der Waals surface area (Å²) in [7, 11) is 4.20. The van der Waals surface area contributed by atoms with Gasteiger partial charge in [0.15, 0.2) is 17.3 Å². The van der Waals surface area contributed by atoms with Gasteiger partial charge in [-0.2, -0.15) is 0 Å². The molecule has 0 spiro atoms. The van der Waals surface area contributed by atoms with E-state index in [0.717, 1.165) is 5.56 Å². The molecule has 7 heteroatoms. The predicted octanol–water partition coefficient (Wildman–Crippen LogP) is 3.24. The van der Waals surface area contributed by atoms with Crippen LogP contribution in [0.15, 0.2) is 36.4 Å². The number of rotatable bonds is 7. The number of methoxy groups -OCH3 is 3. The van der Waals surface area contributed by atoms with Gasteiger partial charge < -0.3 is 24.1 Å². The van der Waals surface area contributed by atoms with Crippen molar-refractivity contribution in [2.75, 3.05) is 21.3 Å². The van der Waals surface area contributed by atoms with Crippen molar-refractivity contribution >= 4 is 17.8 Å². The Kier molecular flexibility index (Phi) is 6.43. The Morgan fingerprint density at radius 3 is 2.15 bits per heavy atom. The molecule has 27 heavy (non-hydrogen) atoms. The van der Waals surface area contributed by atoms with E-state index in [4.69, 9.17) is 18.9 Å². The van der Waals surface area contributed by atoms with Gasteiger partial charge >= 0.3 is 5.97 Å². The van der Waals surface area contributed by atoms with E-state index in [-0.39, 0.29) is 28.6 Å². The minimum absolute atomic E-state index is 0.0650. The zero-order valence-electron chi connectivity index (χ0n) is 15.4. The molecule has 0 heterocycles. The van der Waals surface area contributed by atoms with Gasteiger partial charge in [0.2, 0.25) is 5.75 Å². The number of aromatic hydroxyl groups is 1. The molecule has 0 aliphatic carbocycles. The number of phenolic OH excluding ortho intramolecular Hbond substituents is 1. The number of benzene rings is 2. The summed E-state index contributed by atoms with van der Waals surface area (Å²) >= 11 is 0. The Morgan fingerprint density at radius 2 is 1.63 bits per heavy atom. The molecule has 0 aromatic heterocycles. The number of carbonyl (C=O) groups is 2. The van der Waals surface area contributed by atoms with Gasteiger partial charge in [-0.05, 0) is 23.8 Å². The van der Waals surface area contributed by atoms with Gasteiger partial charge in [-0.3, -0.25) is 9.59 Å². The first kappa shape index (κ1) is 19.8. The van der Waals surface area contributed by atoms with Crippen molar-refractivity contribution < 1.29 is 33.6 Å². The smallest absolute Gasteiger partial charge is 0.308 e. The zero-order chi connectivity index (χ0) is 20.0. The van der Waals surface area contributed by atoms with Crippen LogP contribution in [-0.4, -0.2) is 38.2 Å². The topological polar surface area (TPSA) is 91.3 Å². The molecule has 0 bridgehead atoms. The summed E-state index contributed by atoms with van der Waals surface area (Å²) < 4.78 is 20.5. The van der Waals surface area contributed by atoms with E-state index in [1.165, 1.54) is 33.3 Å². The van der Waals surface area contributed by atoms with Gasteiger partial charge in [-0.15, -0.1) is 0 Å². The quantitative estimate of drug-likeness (QED) is 0.345. The minimum Gasteiger partial charge on any atom is -0.507 e. The SMILES string of the molecule is COc1ccc(/C=C/C(=O)c2c(O)cc(OC)c(OC(C)=O)c2OC)cc1. The molecule has 0 aliphatic rings. The molecule has 0 fully saturated rings. The fourth-order valence-electron chi connectivity index (χ4n) is 2.40. The molecule has 2 aromatic rings. The number of phenols is 1. The number of hydrogen-bond acceptors (Lipinski definition) is 7. The van der Waals surface area contributed by atoms with Crippen LogP contribution in [0.25, 0.3) is 6.08 Å². The van der Waals surface area contributed by atoms with Gasteiger partial charge in [-0.25, -0.2) is 0 Å². The Labute approximate surface area is 156 Å². The fourth-order valence-corrected chi connectivity index (χ4v) is 2.40. The van der Waals surface area contributed by atoms with Crippen molar-refractivity contribution in [1.29, 1.82) is 0 Å². The summed E-state index contributed by atoms with van der Waals surface area (Å²) in [5.41, 5.74) is 0.621. The molecule has 142 valence electrons. The summed E-state index contributed by atoms with van der Waals surface area (Å²) in [4.78, 5) is 24.0. The molecule has 0 saturated heterocycles. The molecule has 0 atom stereocenters. The second kappa shape index (κ2) is 8.75. The van der Waals surface area contributed by atoms with E-state index >= 15 is 0 Å². The van der Waals surface area contributed by atoms with Crippen LogP contribution in [0.1, 0.15) is 22.8 Å². The van der Waals surface area contributed by atoms with Crippen molar-refractivity contribution in [2.24, 2.45) is 0 Å². The van der Waals surface area contributed by atoms with Crippen LogP contribution in [-0.2, 0) is 4.79 Å². The highest BCUT2D eigenvalue weighted by atomic mass is 16.6. The van der Waals surface area contributed by atoms with Gasteiger partial charge in [0.1, 0.15) is 17.1 Å². The van der Waals surface area contributed by atoms with Crippen LogP contribution >= 0.6 is 0 Å². The summed E-state index contributed by atoms with van der Waals surface area (Å²) in [6, 6.07) is 8.26. The van der Waals surface area contributed by atoms with Crippen LogP contribution in [0.2, 0.25) is 0 Å². The van der Waals surface area contributed by atoms with E-state index in [9.17, 15) is 14.7 Å². The normalized spacial score (nSPS) is 10.5. The molecule has 2 aromatic carbocycles. The number of allylic oxidation sites excluding steroid dienone is 1. The highest BCUT2D eigenvalue weighted by molar-refractivity contribution is 6.11. The van der Waals surface area contributed by atoms with Crippen molar-refractivity contribution in [2.45, 2.75) is 6.92 Å². The number of esters is 1. The summed E-state index contributed by atoms with van der Waals surface area (Å²) in [5.74, 6) is -0.920. The molecule has 1 N–H and O–H groups in total. The molecule has 7 nitrogen and oxygen atoms in total. The number of ether oxygens (including phenoxy) is 4. The first-order valence-electron chi connectivity index (χ1n) is 7.94. The first-order valence-corrected chi connectivity index (χ1v) is 7.94. The number of carbonyl (C=O) groups excluding carboxylic acids is 2. The Morgan fingerprint density at radius 1 is 0.963 bits per heavy atom. The number of hydrogen-bond donors (Lipinski definition) is 1. The largest absolute Gasteiger partial charge is 0.507 e. The molecule has 2 rings (SSSR count). The maximum absolute atomic E-state index is 12.6. The number of ketones is 1. The second-order valence-electron chi connectivity index (χ2n) is 5.40. The van der Waals surface area contributed by atoms with Crippen molar-refractivity contribution in [3.63, 3.8) is 0 Å². The third-order valence-corrected chi connectivity index (χ3v) is 3.64. The summed E-state index contributed by atoms with van der Waals surface area (Å²) in [5, 5.41) is 10.3. The van der Waals surface area contributed by atoms with Crippen molar-refractivity contribution in [3.05, 3.63) is 47.5 Å². The predicted molar refractivity (Wildman–Crippen MR) is 98.9 cm³/mol. The molecule has 0 aliphatic heterocycles. The van der Waals surface area contributed by atoms with E-state index < -0.39 is 11.8 Å². The molecule has 0 amide bonds. The fraction of sp³-hybridized carbons (Fsp3) is 0.200. The minimum atomic E-state index is -0.621. The van der Waals surface area contributed by atoms with Gasteiger partial charge in [0.25, 0.3) is 0 Å². The maximum atomic E-state index is 12.6. The van der Waals surface area contributed by atoms with Gasteiger partial charge in [0.05, 0.1) is 21.3 Å². The lowest BCUT2D eigenvalue weighted by Gasteiger charge is -2.16. The van der Waals surface area contributed by atoms with Gasteiger partial charge in [0, 0.05) is 13.0 Å². The van der Waals surface area contributed by atoms with Crippen LogP contribution in [0.5, 0.6) is 28.7 Å². The van der Waals surface area contributed by atoms with Crippen molar-refractivity contribution in [3.8, 4) is 28.7 Å². The maximum Gasteiger partial charge on any atom is 0.308 e. The Bertz CT molecular complexity index is 867. The molecule has 0 unspecified atom stereocenters. The summed E-state index contributed by atoms with van der Waals surface area (Å²) in [6.07, 6.45) is 2.86. The van der Waals surface area contributed by atoms with E-state index in [0.29, 0.717) is 5.75 Å². The van der Waals surface area contributed by atoms with E-state index in [2.05, 4.69) is 0 Å². The van der Waals surface area contributed by atoms with Gasteiger partial charge in [-0.1, -0.05) is 18.2 Å². The molecule has 0 radical (unpaired) electrons. The Balaban J connectivity index is 2.44. The lowest BCUT2D eigenvalue weighted by Crippen LogP contribution is -2.08. The monoisotopic (exact) mass is 372 g/mol. The van der Waals surface area contributed by atoms with Crippen LogP contribution in [0.4, 0.5) is 0 Å². The Hall–Kier alpha value is -3.48. The van der Waals surface area contributed by atoms with Crippen LogP contribution < -0.4 is 18.9 Å².